The Morgan fingerprint density at radius 1 is 1.43 bits per heavy atom. The van der Waals surface area contributed by atoms with Gasteiger partial charge in [0.25, 0.3) is 0 Å². The third-order valence-corrected chi connectivity index (χ3v) is 2.50. The van der Waals surface area contributed by atoms with Gasteiger partial charge in [0.1, 0.15) is 0 Å². The van der Waals surface area contributed by atoms with Gasteiger partial charge in [-0.05, 0) is 6.42 Å². The smallest absolute Gasteiger partial charge is 0.222 e. The SMILES string of the molecule is CC(=O)N1CC[C@@H](NC(=O)C(C)C)C1. The monoisotopic (exact) mass is 198 g/mol. The van der Waals surface area contributed by atoms with Crippen LogP contribution in [-0.2, 0) is 9.59 Å². The zero-order chi connectivity index (χ0) is 10.7. The van der Waals surface area contributed by atoms with Crippen molar-refractivity contribution in [1.82, 2.24) is 10.2 Å². The van der Waals surface area contributed by atoms with E-state index < -0.39 is 0 Å². The number of nitrogens with one attached hydrogen (secondary N) is 1. The van der Waals surface area contributed by atoms with Gasteiger partial charge < -0.3 is 10.2 Å². The fourth-order valence-corrected chi connectivity index (χ4v) is 1.53. The van der Waals surface area contributed by atoms with Crippen LogP contribution in [0.15, 0.2) is 0 Å². The minimum absolute atomic E-state index is 0.0152. The highest BCUT2D eigenvalue weighted by Gasteiger charge is 2.25. The lowest BCUT2D eigenvalue weighted by Crippen LogP contribution is -2.39. The van der Waals surface area contributed by atoms with Crippen LogP contribution in [0.5, 0.6) is 0 Å². The Hall–Kier alpha value is -1.06. The molecule has 0 aromatic rings. The molecule has 1 saturated heterocycles. The van der Waals surface area contributed by atoms with E-state index in [0.717, 1.165) is 13.0 Å². The Bertz CT molecular complexity index is 238. The molecule has 2 amide bonds. The van der Waals surface area contributed by atoms with Gasteiger partial charge in [-0.2, -0.15) is 0 Å². The number of amides is 2. The van der Waals surface area contributed by atoms with E-state index in [9.17, 15) is 9.59 Å². The number of nitrogens with zero attached hydrogens (tertiary/aromatic N) is 1. The van der Waals surface area contributed by atoms with Crippen LogP contribution in [0.1, 0.15) is 27.2 Å². The molecule has 1 atom stereocenters. The molecule has 0 radical (unpaired) electrons. The molecule has 1 N–H and O–H groups in total. The minimum Gasteiger partial charge on any atom is -0.351 e. The van der Waals surface area contributed by atoms with E-state index in [2.05, 4.69) is 5.32 Å². The minimum atomic E-state index is 0.0152. The Morgan fingerprint density at radius 3 is 2.50 bits per heavy atom. The average Bonchev–Trinajstić information content (AvgIpc) is 2.52. The lowest BCUT2D eigenvalue weighted by atomic mass is 10.2. The molecule has 0 aromatic heterocycles. The first kappa shape index (κ1) is 11.0. The Kier molecular flexibility index (Phi) is 3.49. The molecule has 1 aliphatic heterocycles. The summed E-state index contributed by atoms with van der Waals surface area (Å²) in [5.41, 5.74) is 0. The molecule has 1 fully saturated rings. The predicted molar refractivity (Wildman–Crippen MR) is 53.6 cm³/mol. The first-order valence-corrected chi connectivity index (χ1v) is 5.06. The summed E-state index contributed by atoms with van der Waals surface area (Å²) >= 11 is 0. The number of carbonyl (C=O) groups excluding carboxylic acids is 2. The second kappa shape index (κ2) is 4.44. The van der Waals surface area contributed by atoms with E-state index in [1.807, 2.05) is 13.8 Å². The molecule has 0 bridgehead atoms. The highest BCUT2D eigenvalue weighted by Crippen LogP contribution is 2.09. The maximum absolute atomic E-state index is 11.4. The number of likely N-dealkylation sites (tertiary alicyclic amines) is 1. The van der Waals surface area contributed by atoms with Crippen molar-refractivity contribution in [2.45, 2.75) is 33.2 Å². The van der Waals surface area contributed by atoms with Crippen molar-refractivity contribution in [1.29, 1.82) is 0 Å². The lowest BCUT2D eigenvalue weighted by molar-refractivity contribution is -0.128. The first-order chi connectivity index (χ1) is 6.50. The van der Waals surface area contributed by atoms with Crippen LogP contribution in [-0.4, -0.2) is 35.8 Å². The van der Waals surface area contributed by atoms with Crippen LogP contribution in [0.25, 0.3) is 0 Å². The van der Waals surface area contributed by atoms with Gasteiger partial charge in [0, 0.05) is 32.0 Å². The summed E-state index contributed by atoms with van der Waals surface area (Å²) in [4.78, 5) is 24.2. The van der Waals surface area contributed by atoms with Gasteiger partial charge in [-0.3, -0.25) is 9.59 Å². The van der Waals surface area contributed by atoms with Crippen molar-refractivity contribution in [3.63, 3.8) is 0 Å². The second-order valence-corrected chi connectivity index (χ2v) is 4.11. The van der Waals surface area contributed by atoms with Gasteiger partial charge in [0.2, 0.25) is 11.8 Å². The summed E-state index contributed by atoms with van der Waals surface area (Å²) in [6, 6.07) is 0.147. The maximum Gasteiger partial charge on any atom is 0.222 e. The van der Waals surface area contributed by atoms with Crippen molar-refractivity contribution in [3.8, 4) is 0 Å². The first-order valence-electron chi connectivity index (χ1n) is 5.06. The molecule has 4 heteroatoms. The van der Waals surface area contributed by atoms with E-state index in [4.69, 9.17) is 0 Å². The highest BCUT2D eigenvalue weighted by molar-refractivity contribution is 5.78. The Morgan fingerprint density at radius 2 is 2.07 bits per heavy atom. The number of rotatable bonds is 2. The Balaban J connectivity index is 2.36. The third-order valence-electron chi connectivity index (χ3n) is 2.50. The topological polar surface area (TPSA) is 49.4 Å². The zero-order valence-electron chi connectivity index (χ0n) is 9.04. The van der Waals surface area contributed by atoms with Crippen LogP contribution >= 0.6 is 0 Å². The summed E-state index contributed by atoms with van der Waals surface area (Å²) in [5.74, 6) is 0.174. The summed E-state index contributed by atoms with van der Waals surface area (Å²) < 4.78 is 0. The summed E-state index contributed by atoms with van der Waals surface area (Å²) in [5, 5.41) is 2.93. The van der Waals surface area contributed by atoms with Crippen molar-refractivity contribution < 1.29 is 9.59 Å². The van der Waals surface area contributed by atoms with Crippen LogP contribution in [0.2, 0.25) is 0 Å². The van der Waals surface area contributed by atoms with E-state index in [0.29, 0.717) is 6.54 Å². The molecule has 1 aliphatic rings. The molecular formula is C10H18N2O2. The molecule has 0 aromatic carbocycles. The van der Waals surface area contributed by atoms with Crippen LogP contribution < -0.4 is 5.32 Å². The molecule has 0 spiro atoms. The lowest BCUT2D eigenvalue weighted by Gasteiger charge is -2.16. The zero-order valence-corrected chi connectivity index (χ0v) is 9.04. The van der Waals surface area contributed by atoms with E-state index >= 15 is 0 Å². The van der Waals surface area contributed by atoms with Gasteiger partial charge in [0.05, 0.1) is 0 Å². The standard InChI is InChI=1S/C10H18N2O2/c1-7(2)10(14)11-9-4-5-12(6-9)8(3)13/h7,9H,4-6H2,1-3H3,(H,11,14)/t9-/m1/s1. The van der Waals surface area contributed by atoms with Crippen LogP contribution in [0.3, 0.4) is 0 Å². The van der Waals surface area contributed by atoms with Gasteiger partial charge >= 0.3 is 0 Å². The number of hydrogen-bond acceptors (Lipinski definition) is 2. The second-order valence-electron chi connectivity index (χ2n) is 4.11. The van der Waals surface area contributed by atoms with Crippen LogP contribution in [0, 0.1) is 5.92 Å². The van der Waals surface area contributed by atoms with Crippen molar-refractivity contribution in [2.75, 3.05) is 13.1 Å². The average molecular weight is 198 g/mol. The summed E-state index contributed by atoms with van der Waals surface area (Å²) in [6.07, 6.45) is 0.873. The molecule has 0 unspecified atom stereocenters. The van der Waals surface area contributed by atoms with Crippen molar-refractivity contribution >= 4 is 11.8 Å². The highest BCUT2D eigenvalue weighted by atomic mass is 16.2. The summed E-state index contributed by atoms with van der Waals surface area (Å²) in [6.45, 7) is 6.72. The summed E-state index contributed by atoms with van der Waals surface area (Å²) in [7, 11) is 0. The van der Waals surface area contributed by atoms with E-state index in [1.165, 1.54) is 0 Å². The predicted octanol–water partition coefficient (Wildman–Crippen LogP) is 0.379. The van der Waals surface area contributed by atoms with Gasteiger partial charge in [-0.25, -0.2) is 0 Å². The van der Waals surface area contributed by atoms with E-state index in [-0.39, 0.29) is 23.8 Å². The van der Waals surface area contributed by atoms with Gasteiger partial charge in [0.15, 0.2) is 0 Å². The molecule has 0 aliphatic carbocycles. The fourth-order valence-electron chi connectivity index (χ4n) is 1.53. The molecule has 4 nitrogen and oxygen atoms in total. The maximum atomic E-state index is 11.4. The van der Waals surface area contributed by atoms with E-state index in [1.54, 1.807) is 11.8 Å². The third kappa shape index (κ3) is 2.72. The Labute approximate surface area is 84.7 Å². The number of hydrogen-bond donors (Lipinski definition) is 1. The largest absolute Gasteiger partial charge is 0.351 e. The van der Waals surface area contributed by atoms with Crippen molar-refractivity contribution in [2.24, 2.45) is 5.92 Å². The van der Waals surface area contributed by atoms with Gasteiger partial charge in [-0.15, -0.1) is 0 Å². The molecule has 1 rings (SSSR count). The molecule has 1 heterocycles. The normalized spacial score (nSPS) is 21.4. The molecule has 14 heavy (non-hydrogen) atoms. The van der Waals surface area contributed by atoms with Crippen LogP contribution in [0.4, 0.5) is 0 Å². The number of carbonyl (C=O) groups is 2. The molecular weight excluding hydrogens is 180 g/mol. The molecule has 80 valence electrons. The van der Waals surface area contributed by atoms with Gasteiger partial charge in [-0.1, -0.05) is 13.8 Å². The quantitative estimate of drug-likeness (QED) is 0.697. The molecule has 0 saturated carbocycles. The van der Waals surface area contributed by atoms with Crippen molar-refractivity contribution in [3.05, 3.63) is 0 Å². The fraction of sp³-hybridized carbons (Fsp3) is 0.800.